The van der Waals surface area contributed by atoms with Crippen molar-refractivity contribution in [3.63, 3.8) is 0 Å². The quantitative estimate of drug-likeness (QED) is 0.643. The Hall–Kier alpha value is -0.890. The van der Waals surface area contributed by atoms with Gasteiger partial charge in [-0.15, -0.1) is 11.6 Å². The lowest BCUT2D eigenvalue weighted by Crippen LogP contribution is -1.97. The molecule has 0 bridgehead atoms. The van der Waals surface area contributed by atoms with Gasteiger partial charge in [0, 0.05) is 0 Å². The molecule has 0 heterocycles. The van der Waals surface area contributed by atoms with E-state index in [-0.39, 0.29) is 5.75 Å². The van der Waals surface area contributed by atoms with Crippen LogP contribution in [0.3, 0.4) is 0 Å². The molecule has 0 saturated heterocycles. The lowest BCUT2D eigenvalue weighted by Gasteiger charge is -2.02. The van der Waals surface area contributed by atoms with Gasteiger partial charge < -0.3 is 4.74 Å². The second kappa shape index (κ2) is 4.09. The molecule has 0 aliphatic heterocycles. The molecular weight excluding hydrogens is 164 g/mol. The van der Waals surface area contributed by atoms with Crippen molar-refractivity contribution in [1.82, 2.24) is 0 Å². The van der Waals surface area contributed by atoms with Gasteiger partial charge in [-0.05, 0) is 12.1 Å². The fourth-order valence-electron chi connectivity index (χ4n) is 0.718. The lowest BCUT2D eigenvalue weighted by molar-refractivity contribution is 0.289. The molecule has 11 heavy (non-hydrogen) atoms. The Kier molecular flexibility index (Phi) is 3.05. The van der Waals surface area contributed by atoms with Crippen LogP contribution < -0.4 is 4.74 Å². The SMILES string of the molecule is [O]c1ccccc1OCCCl. The van der Waals surface area contributed by atoms with E-state index in [9.17, 15) is 5.11 Å². The van der Waals surface area contributed by atoms with Crippen molar-refractivity contribution >= 4 is 11.6 Å². The van der Waals surface area contributed by atoms with Crippen LogP contribution in [0.4, 0.5) is 0 Å². The molecule has 0 saturated carbocycles. The summed E-state index contributed by atoms with van der Waals surface area (Å²) in [4.78, 5) is 0. The van der Waals surface area contributed by atoms with E-state index in [4.69, 9.17) is 16.3 Å². The zero-order valence-electron chi connectivity index (χ0n) is 5.92. The fourth-order valence-corrected chi connectivity index (χ4v) is 0.795. The van der Waals surface area contributed by atoms with Crippen molar-refractivity contribution in [3.8, 4) is 11.5 Å². The number of para-hydroxylation sites is 2. The first-order chi connectivity index (χ1) is 5.34. The molecule has 1 radical (unpaired) electrons. The number of hydrogen-bond acceptors (Lipinski definition) is 1. The van der Waals surface area contributed by atoms with Gasteiger partial charge in [-0.2, -0.15) is 0 Å². The summed E-state index contributed by atoms with van der Waals surface area (Å²) in [7, 11) is 0. The van der Waals surface area contributed by atoms with Crippen molar-refractivity contribution < 1.29 is 9.84 Å². The minimum Gasteiger partial charge on any atom is -0.488 e. The van der Waals surface area contributed by atoms with E-state index in [1.54, 1.807) is 18.2 Å². The minimum absolute atomic E-state index is 0.0994. The molecule has 0 fully saturated rings. The van der Waals surface area contributed by atoms with Crippen LogP contribution >= 0.6 is 11.6 Å². The third-order valence-electron chi connectivity index (χ3n) is 1.18. The normalized spacial score (nSPS) is 9.55. The Labute approximate surface area is 70.4 Å². The second-order valence-corrected chi connectivity index (χ2v) is 2.36. The number of rotatable bonds is 3. The molecule has 1 rings (SSSR count). The summed E-state index contributed by atoms with van der Waals surface area (Å²) in [6.45, 7) is 0.376. The zero-order valence-corrected chi connectivity index (χ0v) is 6.67. The average molecular weight is 172 g/mol. The van der Waals surface area contributed by atoms with Crippen molar-refractivity contribution in [2.75, 3.05) is 12.5 Å². The van der Waals surface area contributed by atoms with E-state index in [1.807, 2.05) is 0 Å². The molecule has 59 valence electrons. The molecule has 0 unspecified atom stereocenters. The Morgan fingerprint density at radius 2 is 2.09 bits per heavy atom. The Bertz CT molecular complexity index is 225. The summed E-state index contributed by atoms with van der Waals surface area (Å²) in [5, 5.41) is 11.0. The van der Waals surface area contributed by atoms with Crippen molar-refractivity contribution in [2.24, 2.45) is 0 Å². The van der Waals surface area contributed by atoms with E-state index < -0.39 is 0 Å². The molecule has 0 spiro atoms. The van der Waals surface area contributed by atoms with Gasteiger partial charge in [0.15, 0.2) is 5.75 Å². The number of hydrogen-bond donors (Lipinski definition) is 0. The molecule has 0 N–H and O–H groups in total. The molecule has 2 nitrogen and oxygen atoms in total. The van der Waals surface area contributed by atoms with Gasteiger partial charge in [0.2, 0.25) is 5.75 Å². The maximum atomic E-state index is 11.0. The Balaban J connectivity index is 2.62. The van der Waals surface area contributed by atoms with Gasteiger partial charge in [-0.1, -0.05) is 12.1 Å². The standard InChI is InChI=1S/C8H8ClO2/c9-5-6-11-8-4-2-1-3-7(8)10/h1-4H,5-6H2. The van der Waals surface area contributed by atoms with E-state index in [0.717, 1.165) is 0 Å². The Morgan fingerprint density at radius 3 is 2.73 bits per heavy atom. The van der Waals surface area contributed by atoms with Crippen molar-refractivity contribution in [2.45, 2.75) is 0 Å². The van der Waals surface area contributed by atoms with Crippen LogP contribution in [0, 0.1) is 0 Å². The predicted octanol–water partition coefficient (Wildman–Crippen LogP) is 2.45. The highest BCUT2D eigenvalue weighted by molar-refractivity contribution is 6.18. The van der Waals surface area contributed by atoms with Crippen LogP contribution in [0.5, 0.6) is 11.5 Å². The van der Waals surface area contributed by atoms with Crippen LogP contribution in [0.2, 0.25) is 0 Å². The Morgan fingerprint density at radius 1 is 1.36 bits per heavy atom. The summed E-state index contributed by atoms with van der Waals surface area (Å²) in [5.74, 6) is 0.666. The largest absolute Gasteiger partial charge is 0.488 e. The van der Waals surface area contributed by atoms with Gasteiger partial charge in [0.1, 0.15) is 6.61 Å². The lowest BCUT2D eigenvalue weighted by atomic mass is 10.3. The zero-order chi connectivity index (χ0) is 8.10. The van der Waals surface area contributed by atoms with Crippen LogP contribution in [0.25, 0.3) is 0 Å². The second-order valence-electron chi connectivity index (χ2n) is 1.98. The average Bonchev–Trinajstić information content (AvgIpc) is 2.03. The van der Waals surface area contributed by atoms with Crippen LogP contribution in [-0.4, -0.2) is 12.5 Å². The molecular formula is C8H8ClO2. The maximum Gasteiger partial charge on any atom is 0.220 e. The molecule has 1 aromatic carbocycles. The first-order valence-corrected chi connectivity index (χ1v) is 3.83. The van der Waals surface area contributed by atoms with E-state index in [0.29, 0.717) is 18.2 Å². The summed E-state index contributed by atoms with van der Waals surface area (Å²) < 4.78 is 5.04. The minimum atomic E-state index is -0.0994. The molecule has 3 heteroatoms. The van der Waals surface area contributed by atoms with E-state index in [2.05, 4.69) is 0 Å². The maximum absolute atomic E-state index is 11.0. The fraction of sp³-hybridized carbons (Fsp3) is 0.250. The molecule has 0 amide bonds. The van der Waals surface area contributed by atoms with Gasteiger partial charge in [-0.3, -0.25) is 5.11 Å². The smallest absolute Gasteiger partial charge is 0.220 e. The number of halogens is 1. The molecule has 0 aliphatic rings. The van der Waals surface area contributed by atoms with Crippen molar-refractivity contribution in [1.29, 1.82) is 0 Å². The summed E-state index contributed by atoms with van der Waals surface area (Å²) in [6, 6.07) is 6.53. The van der Waals surface area contributed by atoms with Crippen LogP contribution in [0.15, 0.2) is 24.3 Å². The van der Waals surface area contributed by atoms with Gasteiger partial charge in [0.25, 0.3) is 0 Å². The van der Waals surface area contributed by atoms with Gasteiger partial charge in [0.05, 0.1) is 5.88 Å². The van der Waals surface area contributed by atoms with E-state index in [1.165, 1.54) is 6.07 Å². The summed E-state index contributed by atoms with van der Waals surface area (Å²) in [6.07, 6.45) is 0. The first-order valence-electron chi connectivity index (χ1n) is 3.29. The van der Waals surface area contributed by atoms with Gasteiger partial charge in [-0.25, -0.2) is 0 Å². The van der Waals surface area contributed by atoms with Crippen molar-refractivity contribution in [3.05, 3.63) is 24.3 Å². The van der Waals surface area contributed by atoms with Crippen LogP contribution in [-0.2, 0) is 5.11 Å². The highest BCUT2D eigenvalue weighted by atomic mass is 35.5. The van der Waals surface area contributed by atoms with E-state index >= 15 is 0 Å². The van der Waals surface area contributed by atoms with Crippen LogP contribution in [0.1, 0.15) is 0 Å². The highest BCUT2D eigenvalue weighted by Gasteiger charge is 2.00. The monoisotopic (exact) mass is 171 g/mol. The number of benzene rings is 1. The first kappa shape index (κ1) is 8.21. The third kappa shape index (κ3) is 2.31. The summed E-state index contributed by atoms with van der Waals surface area (Å²) >= 11 is 5.38. The number of ether oxygens (including phenoxy) is 1. The molecule has 0 aliphatic carbocycles. The summed E-state index contributed by atoms with van der Waals surface area (Å²) in [5.41, 5.74) is 0. The van der Waals surface area contributed by atoms with Gasteiger partial charge >= 0.3 is 0 Å². The molecule has 1 aromatic rings. The molecule has 0 aromatic heterocycles. The predicted molar refractivity (Wildman–Crippen MR) is 42.8 cm³/mol. The third-order valence-corrected chi connectivity index (χ3v) is 1.34. The topological polar surface area (TPSA) is 29.1 Å². The number of alkyl halides is 1. The highest BCUT2D eigenvalue weighted by Crippen LogP contribution is 2.24. The molecule has 0 atom stereocenters.